The summed E-state index contributed by atoms with van der Waals surface area (Å²) in [6.07, 6.45) is 4.70. The minimum Gasteiger partial charge on any atom is -0.396 e. The van der Waals surface area contributed by atoms with Crippen LogP contribution in [-0.4, -0.2) is 26.7 Å². The van der Waals surface area contributed by atoms with E-state index >= 15 is 0 Å². The summed E-state index contributed by atoms with van der Waals surface area (Å²) in [5.74, 6) is 2.61. The monoisotopic (exact) mass is 366 g/mol. The Labute approximate surface area is 157 Å². The lowest BCUT2D eigenvalue weighted by Crippen LogP contribution is -2.02. The minimum absolute atomic E-state index is 0.119. The molecule has 0 radical (unpaired) electrons. The van der Waals surface area contributed by atoms with Gasteiger partial charge in [-0.25, -0.2) is 15.0 Å². The highest BCUT2D eigenvalue weighted by Crippen LogP contribution is 2.40. The maximum absolute atomic E-state index is 9.00. The molecule has 1 fully saturated rings. The number of aliphatic hydroxyl groups excluding tert-OH is 1. The highest BCUT2D eigenvalue weighted by molar-refractivity contribution is 6.30. The molecule has 2 aromatic heterocycles. The quantitative estimate of drug-likeness (QED) is 0.678. The lowest BCUT2D eigenvalue weighted by Gasteiger charge is -2.10. The van der Waals surface area contributed by atoms with Crippen molar-refractivity contribution in [2.75, 3.05) is 11.9 Å². The maximum Gasteiger partial charge on any atom is 0.161 e. The van der Waals surface area contributed by atoms with E-state index in [0.717, 1.165) is 22.6 Å². The molecule has 0 aliphatic heterocycles. The number of benzene rings is 1. The third kappa shape index (κ3) is 4.00. The second kappa shape index (κ2) is 7.40. The molecule has 0 amide bonds. The molecular weight excluding hydrogens is 348 g/mol. The van der Waals surface area contributed by atoms with Gasteiger partial charge < -0.3 is 10.4 Å². The molecule has 1 aromatic carbocycles. The fraction of sp³-hybridized carbons (Fsp3) is 0.250. The normalized spacial score (nSPS) is 13.6. The molecule has 6 heteroatoms. The van der Waals surface area contributed by atoms with E-state index in [4.69, 9.17) is 21.7 Å². The smallest absolute Gasteiger partial charge is 0.161 e. The van der Waals surface area contributed by atoms with Crippen LogP contribution in [0.15, 0.2) is 48.7 Å². The largest absolute Gasteiger partial charge is 0.396 e. The third-order valence-corrected chi connectivity index (χ3v) is 4.54. The van der Waals surface area contributed by atoms with Gasteiger partial charge in [0, 0.05) is 41.1 Å². The lowest BCUT2D eigenvalue weighted by atomic mass is 10.2. The van der Waals surface area contributed by atoms with E-state index in [1.54, 1.807) is 6.20 Å². The number of aliphatic hydroxyl groups is 1. The number of halogens is 1. The molecule has 2 N–H and O–H groups in total. The fourth-order valence-corrected chi connectivity index (χ4v) is 2.97. The van der Waals surface area contributed by atoms with Gasteiger partial charge in [-0.05, 0) is 43.0 Å². The summed E-state index contributed by atoms with van der Waals surface area (Å²) in [5.41, 5.74) is 2.95. The first kappa shape index (κ1) is 16.9. The molecule has 4 rings (SSSR count). The van der Waals surface area contributed by atoms with E-state index in [-0.39, 0.29) is 6.61 Å². The highest BCUT2D eigenvalue weighted by atomic mass is 35.5. The summed E-state index contributed by atoms with van der Waals surface area (Å²) in [5, 5.41) is 12.9. The first-order valence-corrected chi connectivity index (χ1v) is 9.07. The first-order valence-electron chi connectivity index (χ1n) is 8.69. The second-order valence-corrected chi connectivity index (χ2v) is 6.87. The van der Waals surface area contributed by atoms with Crippen LogP contribution in [0.2, 0.25) is 5.02 Å². The Morgan fingerprint density at radius 2 is 1.96 bits per heavy atom. The number of pyridine rings is 1. The molecule has 26 heavy (non-hydrogen) atoms. The minimum atomic E-state index is 0.119. The molecule has 3 aromatic rings. The molecule has 0 atom stereocenters. The van der Waals surface area contributed by atoms with Crippen molar-refractivity contribution in [2.24, 2.45) is 0 Å². The van der Waals surface area contributed by atoms with Gasteiger partial charge in [0.2, 0.25) is 0 Å². The zero-order chi connectivity index (χ0) is 17.9. The van der Waals surface area contributed by atoms with Gasteiger partial charge in [0.05, 0.1) is 0 Å². The van der Waals surface area contributed by atoms with Gasteiger partial charge in [-0.15, -0.1) is 0 Å². The molecule has 132 valence electrons. The van der Waals surface area contributed by atoms with Gasteiger partial charge in [-0.2, -0.15) is 0 Å². The molecule has 1 saturated carbocycles. The number of hydrogen-bond donors (Lipinski definition) is 2. The Balaban J connectivity index is 1.64. The third-order valence-electron chi connectivity index (χ3n) is 4.31. The summed E-state index contributed by atoms with van der Waals surface area (Å²) >= 11 is 6.12. The summed E-state index contributed by atoms with van der Waals surface area (Å²) in [4.78, 5) is 13.8. The van der Waals surface area contributed by atoms with E-state index in [0.29, 0.717) is 29.0 Å². The predicted molar refractivity (Wildman–Crippen MR) is 103 cm³/mol. The van der Waals surface area contributed by atoms with Gasteiger partial charge in [0.15, 0.2) is 5.82 Å². The zero-order valence-electron chi connectivity index (χ0n) is 14.2. The average Bonchev–Trinajstić information content (AvgIpc) is 3.49. The van der Waals surface area contributed by atoms with Crippen molar-refractivity contribution >= 4 is 23.2 Å². The Hall–Kier alpha value is -2.50. The van der Waals surface area contributed by atoms with Crippen molar-refractivity contribution in [3.63, 3.8) is 0 Å². The van der Waals surface area contributed by atoms with Crippen molar-refractivity contribution in [3.05, 3.63) is 64.9 Å². The van der Waals surface area contributed by atoms with Crippen LogP contribution < -0.4 is 5.32 Å². The Bertz CT molecular complexity index is 910. The summed E-state index contributed by atoms with van der Waals surface area (Å²) in [6, 6.07) is 13.4. The van der Waals surface area contributed by atoms with Gasteiger partial charge >= 0.3 is 0 Å². The van der Waals surface area contributed by atoms with Gasteiger partial charge in [-0.3, -0.25) is 0 Å². The van der Waals surface area contributed by atoms with Crippen LogP contribution in [0.4, 0.5) is 11.6 Å². The molecule has 0 unspecified atom stereocenters. The molecule has 2 heterocycles. The van der Waals surface area contributed by atoms with Crippen molar-refractivity contribution in [1.82, 2.24) is 15.0 Å². The van der Waals surface area contributed by atoms with Gasteiger partial charge in [-0.1, -0.05) is 29.8 Å². The summed E-state index contributed by atoms with van der Waals surface area (Å²) in [6.45, 7) is 0.119. The van der Waals surface area contributed by atoms with Gasteiger partial charge in [0.1, 0.15) is 11.6 Å². The Morgan fingerprint density at radius 3 is 2.65 bits per heavy atom. The van der Waals surface area contributed by atoms with E-state index < -0.39 is 0 Å². The number of rotatable bonds is 6. The molecule has 1 aliphatic carbocycles. The molecular formula is C20H19ClN4O. The van der Waals surface area contributed by atoms with Crippen LogP contribution in [0.1, 0.15) is 30.0 Å². The average molecular weight is 367 g/mol. The molecule has 5 nitrogen and oxygen atoms in total. The van der Waals surface area contributed by atoms with Gasteiger partial charge in [0.25, 0.3) is 0 Å². The van der Waals surface area contributed by atoms with Crippen LogP contribution in [0.25, 0.3) is 11.4 Å². The molecule has 0 bridgehead atoms. The molecule has 0 saturated heterocycles. The van der Waals surface area contributed by atoms with Crippen molar-refractivity contribution in [2.45, 2.75) is 25.2 Å². The molecule has 1 aliphatic rings. The van der Waals surface area contributed by atoms with Crippen LogP contribution in [0.5, 0.6) is 0 Å². The number of aromatic nitrogens is 3. The zero-order valence-corrected chi connectivity index (χ0v) is 14.9. The standard InChI is InChI=1S/C20H19ClN4O/c21-16-3-1-2-15(10-16)20-23-17(14-5-6-14)11-19(25-20)24-18-7-4-13(8-9-26)12-22-18/h1-4,7,10-12,14,26H,5-6,8-9H2,(H,22,23,24,25). The second-order valence-electron chi connectivity index (χ2n) is 6.44. The van der Waals surface area contributed by atoms with Crippen molar-refractivity contribution in [3.8, 4) is 11.4 Å². The Morgan fingerprint density at radius 1 is 1.08 bits per heavy atom. The van der Waals surface area contributed by atoms with Crippen LogP contribution in [0.3, 0.4) is 0 Å². The SMILES string of the molecule is OCCc1ccc(Nc2cc(C3CC3)nc(-c3cccc(Cl)c3)n2)nc1. The maximum atomic E-state index is 9.00. The van der Waals surface area contributed by atoms with Crippen LogP contribution >= 0.6 is 11.6 Å². The highest BCUT2D eigenvalue weighted by Gasteiger charge is 2.26. The number of anilines is 2. The van der Waals surface area contributed by atoms with Crippen LogP contribution in [0, 0.1) is 0 Å². The van der Waals surface area contributed by atoms with E-state index in [1.807, 2.05) is 42.5 Å². The van der Waals surface area contributed by atoms with E-state index in [2.05, 4.69) is 15.3 Å². The summed E-state index contributed by atoms with van der Waals surface area (Å²) < 4.78 is 0. The predicted octanol–water partition coefficient (Wildman–Crippen LogP) is 4.35. The number of hydrogen-bond acceptors (Lipinski definition) is 5. The van der Waals surface area contributed by atoms with Crippen LogP contribution in [-0.2, 0) is 6.42 Å². The topological polar surface area (TPSA) is 70.9 Å². The van der Waals surface area contributed by atoms with E-state index in [1.165, 1.54) is 12.8 Å². The summed E-state index contributed by atoms with van der Waals surface area (Å²) in [7, 11) is 0. The number of nitrogens with one attached hydrogen (secondary N) is 1. The van der Waals surface area contributed by atoms with Crippen molar-refractivity contribution < 1.29 is 5.11 Å². The lowest BCUT2D eigenvalue weighted by molar-refractivity contribution is 0.299. The number of nitrogens with zero attached hydrogens (tertiary/aromatic N) is 3. The fourth-order valence-electron chi connectivity index (χ4n) is 2.78. The molecule has 0 spiro atoms. The first-order chi connectivity index (χ1) is 12.7. The van der Waals surface area contributed by atoms with E-state index in [9.17, 15) is 0 Å². The Kier molecular flexibility index (Phi) is 4.82. The van der Waals surface area contributed by atoms with Crippen molar-refractivity contribution in [1.29, 1.82) is 0 Å².